The van der Waals surface area contributed by atoms with Crippen molar-refractivity contribution in [2.75, 3.05) is 0 Å². The van der Waals surface area contributed by atoms with Crippen molar-refractivity contribution in [2.45, 2.75) is 57.9 Å². The summed E-state index contributed by atoms with van der Waals surface area (Å²) in [5.74, 6) is 6.66. The van der Waals surface area contributed by atoms with Crippen molar-refractivity contribution >= 4 is 0 Å². The summed E-state index contributed by atoms with van der Waals surface area (Å²) >= 11 is 0. The number of hydrogen-bond acceptors (Lipinski definition) is 2. The fraction of sp³-hybridized carbons (Fsp3) is 0.625. The molecule has 2 heteroatoms. The predicted octanol–water partition coefficient (Wildman–Crippen LogP) is 3.34. The van der Waals surface area contributed by atoms with E-state index in [1.165, 1.54) is 49.7 Å². The lowest BCUT2D eigenvalue weighted by atomic mass is 9.94. The zero-order chi connectivity index (χ0) is 12.8. The minimum atomic E-state index is 0.423. The summed E-state index contributed by atoms with van der Waals surface area (Å²) in [6.45, 7) is 2.18. The third kappa shape index (κ3) is 3.82. The van der Waals surface area contributed by atoms with Gasteiger partial charge in [-0.3, -0.25) is 11.3 Å². The topological polar surface area (TPSA) is 38.0 Å². The van der Waals surface area contributed by atoms with Crippen LogP contribution in [-0.4, -0.2) is 6.04 Å². The molecule has 0 spiro atoms. The van der Waals surface area contributed by atoms with Crippen molar-refractivity contribution in [1.29, 1.82) is 0 Å². The van der Waals surface area contributed by atoms with Crippen LogP contribution < -0.4 is 11.3 Å². The standard InChI is InChI=1S/C16H26N2/c1-13-6-2-5-9-15(13)12-16(18-17)11-10-14-7-3-4-8-14/h2,5-6,9,14,16,18H,3-4,7-8,10-12,17H2,1H3. The molecule has 0 radical (unpaired) electrons. The molecule has 1 unspecified atom stereocenters. The van der Waals surface area contributed by atoms with E-state index in [2.05, 4.69) is 36.6 Å². The first-order valence-electron chi connectivity index (χ1n) is 7.30. The van der Waals surface area contributed by atoms with Crippen molar-refractivity contribution in [3.8, 4) is 0 Å². The minimum absolute atomic E-state index is 0.423. The Morgan fingerprint density at radius 3 is 2.67 bits per heavy atom. The van der Waals surface area contributed by atoms with E-state index in [0.29, 0.717) is 6.04 Å². The van der Waals surface area contributed by atoms with Crippen LogP contribution >= 0.6 is 0 Å². The van der Waals surface area contributed by atoms with Crippen LogP contribution in [0.1, 0.15) is 49.7 Å². The summed E-state index contributed by atoms with van der Waals surface area (Å²) in [4.78, 5) is 0. The van der Waals surface area contributed by atoms with E-state index in [9.17, 15) is 0 Å². The third-order valence-electron chi connectivity index (χ3n) is 4.36. The molecule has 0 saturated heterocycles. The largest absolute Gasteiger partial charge is 0.271 e. The summed E-state index contributed by atoms with van der Waals surface area (Å²) in [5, 5.41) is 0. The molecule has 0 bridgehead atoms. The van der Waals surface area contributed by atoms with Gasteiger partial charge in [-0.2, -0.15) is 0 Å². The Hall–Kier alpha value is -0.860. The molecule has 1 aromatic rings. The molecule has 1 atom stereocenters. The molecule has 2 rings (SSSR count). The summed E-state index contributed by atoms with van der Waals surface area (Å²) in [6.07, 6.45) is 9.32. The Bertz CT molecular complexity index is 356. The molecule has 100 valence electrons. The fourth-order valence-electron chi connectivity index (χ4n) is 3.08. The van der Waals surface area contributed by atoms with E-state index in [4.69, 9.17) is 5.84 Å². The number of hydrazine groups is 1. The van der Waals surface area contributed by atoms with Crippen LogP contribution in [0.5, 0.6) is 0 Å². The number of nitrogens with one attached hydrogen (secondary N) is 1. The first kappa shape index (κ1) is 13.6. The Labute approximate surface area is 111 Å². The summed E-state index contributed by atoms with van der Waals surface area (Å²) in [7, 11) is 0. The van der Waals surface area contributed by atoms with Crippen molar-refractivity contribution in [3.63, 3.8) is 0 Å². The maximum Gasteiger partial charge on any atom is 0.0251 e. The van der Waals surface area contributed by atoms with Crippen molar-refractivity contribution in [2.24, 2.45) is 11.8 Å². The highest BCUT2D eigenvalue weighted by molar-refractivity contribution is 5.26. The van der Waals surface area contributed by atoms with Gasteiger partial charge in [0.1, 0.15) is 0 Å². The molecule has 1 aliphatic rings. The Kier molecular flexibility index (Phi) is 5.21. The second kappa shape index (κ2) is 6.91. The van der Waals surface area contributed by atoms with Gasteiger partial charge in [-0.05, 0) is 43.2 Å². The average molecular weight is 246 g/mol. The second-order valence-electron chi connectivity index (χ2n) is 5.72. The lowest BCUT2D eigenvalue weighted by molar-refractivity contribution is 0.406. The highest BCUT2D eigenvalue weighted by Crippen LogP contribution is 2.29. The van der Waals surface area contributed by atoms with Crippen LogP contribution in [0, 0.1) is 12.8 Å². The van der Waals surface area contributed by atoms with E-state index in [1.807, 2.05) is 0 Å². The van der Waals surface area contributed by atoms with Crippen LogP contribution in [0.3, 0.4) is 0 Å². The molecular formula is C16H26N2. The van der Waals surface area contributed by atoms with E-state index in [1.54, 1.807) is 0 Å². The maximum atomic E-state index is 5.71. The highest BCUT2D eigenvalue weighted by Gasteiger charge is 2.17. The van der Waals surface area contributed by atoms with Gasteiger partial charge in [0.25, 0.3) is 0 Å². The average Bonchev–Trinajstić information content (AvgIpc) is 2.90. The molecule has 0 amide bonds. The Morgan fingerprint density at radius 1 is 1.28 bits per heavy atom. The monoisotopic (exact) mass is 246 g/mol. The molecule has 1 aliphatic carbocycles. The van der Waals surface area contributed by atoms with Gasteiger partial charge in [-0.1, -0.05) is 49.9 Å². The molecule has 1 fully saturated rings. The van der Waals surface area contributed by atoms with Gasteiger partial charge in [-0.25, -0.2) is 0 Å². The number of benzene rings is 1. The van der Waals surface area contributed by atoms with Crippen molar-refractivity contribution in [3.05, 3.63) is 35.4 Å². The molecule has 1 saturated carbocycles. The van der Waals surface area contributed by atoms with Gasteiger partial charge in [0.2, 0.25) is 0 Å². The summed E-state index contributed by atoms with van der Waals surface area (Å²) in [6, 6.07) is 9.04. The van der Waals surface area contributed by atoms with Gasteiger partial charge in [-0.15, -0.1) is 0 Å². The van der Waals surface area contributed by atoms with Gasteiger partial charge in [0.05, 0.1) is 0 Å². The van der Waals surface area contributed by atoms with E-state index >= 15 is 0 Å². The minimum Gasteiger partial charge on any atom is -0.271 e. The summed E-state index contributed by atoms with van der Waals surface area (Å²) in [5.41, 5.74) is 5.80. The number of aryl methyl sites for hydroxylation is 1. The van der Waals surface area contributed by atoms with Crippen LogP contribution in [0.2, 0.25) is 0 Å². The zero-order valence-electron chi connectivity index (χ0n) is 11.5. The van der Waals surface area contributed by atoms with Crippen LogP contribution in [-0.2, 0) is 6.42 Å². The SMILES string of the molecule is Cc1ccccc1CC(CCC1CCCC1)NN. The van der Waals surface area contributed by atoms with Gasteiger partial charge in [0.15, 0.2) is 0 Å². The van der Waals surface area contributed by atoms with E-state index in [0.717, 1.165) is 12.3 Å². The maximum absolute atomic E-state index is 5.71. The Morgan fingerprint density at radius 2 is 2.00 bits per heavy atom. The molecule has 0 aromatic heterocycles. The van der Waals surface area contributed by atoms with Crippen LogP contribution in [0.4, 0.5) is 0 Å². The fourth-order valence-corrected chi connectivity index (χ4v) is 3.08. The smallest absolute Gasteiger partial charge is 0.0251 e. The number of nitrogens with two attached hydrogens (primary N) is 1. The van der Waals surface area contributed by atoms with Crippen molar-refractivity contribution < 1.29 is 0 Å². The molecule has 0 aliphatic heterocycles. The first-order valence-corrected chi connectivity index (χ1v) is 7.30. The van der Waals surface area contributed by atoms with Gasteiger partial charge < -0.3 is 0 Å². The molecule has 1 aromatic carbocycles. The highest BCUT2D eigenvalue weighted by atomic mass is 15.2. The number of rotatable bonds is 6. The number of hydrogen-bond donors (Lipinski definition) is 2. The lowest BCUT2D eigenvalue weighted by Gasteiger charge is -2.19. The molecule has 18 heavy (non-hydrogen) atoms. The molecule has 0 heterocycles. The molecule has 2 nitrogen and oxygen atoms in total. The van der Waals surface area contributed by atoms with Crippen molar-refractivity contribution in [1.82, 2.24) is 5.43 Å². The van der Waals surface area contributed by atoms with E-state index in [-0.39, 0.29) is 0 Å². The second-order valence-corrected chi connectivity index (χ2v) is 5.72. The van der Waals surface area contributed by atoms with Crippen LogP contribution in [0.15, 0.2) is 24.3 Å². The van der Waals surface area contributed by atoms with Gasteiger partial charge in [0, 0.05) is 6.04 Å². The Balaban J connectivity index is 1.83. The lowest BCUT2D eigenvalue weighted by Crippen LogP contribution is -2.37. The molecule has 3 N–H and O–H groups in total. The van der Waals surface area contributed by atoms with E-state index < -0.39 is 0 Å². The summed E-state index contributed by atoms with van der Waals surface area (Å²) < 4.78 is 0. The molecular weight excluding hydrogens is 220 g/mol. The quantitative estimate of drug-likeness (QED) is 0.597. The third-order valence-corrected chi connectivity index (χ3v) is 4.36. The zero-order valence-corrected chi connectivity index (χ0v) is 11.5. The van der Waals surface area contributed by atoms with Crippen LogP contribution in [0.25, 0.3) is 0 Å². The first-order chi connectivity index (χ1) is 8.79. The normalized spacial score (nSPS) is 18.1. The predicted molar refractivity (Wildman–Crippen MR) is 77.2 cm³/mol. The van der Waals surface area contributed by atoms with Gasteiger partial charge >= 0.3 is 0 Å².